The zero-order chi connectivity index (χ0) is 30.4. The van der Waals surface area contributed by atoms with Gasteiger partial charge in [0.15, 0.2) is 0 Å². The van der Waals surface area contributed by atoms with Crippen molar-refractivity contribution in [1.29, 1.82) is 0 Å². The number of aliphatic hydroxyl groups is 1. The van der Waals surface area contributed by atoms with Gasteiger partial charge < -0.3 is 14.6 Å². The second-order valence-corrected chi connectivity index (χ2v) is 11.5. The summed E-state index contributed by atoms with van der Waals surface area (Å²) in [5.74, 6) is -3.37. The number of hydrogen-bond acceptors (Lipinski definition) is 5. The van der Waals surface area contributed by atoms with Crippen LogP contribution in [0.5, 0.6) is 0 Å². The van der Waals surface area contributed by atoms with Gasteiger partial charge in [-0.15, -0.1) is 10.2 Å². The van der Waals surface area contributed by atoms with Gasteiger partial charge in [-0.05, 0) is 53.8 Å². The monoisotopic (exact) mass is 591 g/mol. The van der Waals surface area contributed by atoms with Crippen molar-refractivity contribution in [2.45, 2.75) is 63.2 Å². The van der Waals surface area contributed by atoms with Gasteiger partial charge in [0.25, 0.3) is 11.8 Å². The molecule has 1 aliphatic carbocycles. The van der Waals surface area contributed by atoms with Crippen LogP contribution in [0.3, 0.4) is 0 Å². The Labute approximate surface area is 241 Å². The SMILES string of the molecule is CO.C[C@@H]1CN(Cc2cc3c(c(C(F)(F)F)c2)CN(c2cccc(C4(c5nncn5C)CCC4)c2)C3=O)CCC1(F)F. The Kier molecular flexibility index (Phi) is 7.90. The molecule has 3 aromatic rings. The summed E-state index contributed by atoms with van der Waals surface area (Å²) >= 11 is 0. The third-order valence-electron chi connectivity index (χ3n) is 8.88. The number of carbonyl (C=O) groups is 1. The summed E-state index contributed by atoms with van der Waals surface area (Å²) in [5, 5.41) is 15.4. The summed E-state index contributed by atoms with van der Waals surface area (Å²) in [5.41, 5.74) is 0.510. The molecule has 1 saturated heterocycles. The second-order valence-electron chi connectivity index (χ2n) is 11.5. The van der Waals surface area contributed by atoms with E-state index in [1.807, 2.05) is 29.8 Å². The van der Waals surface area contributed by atoms with E-state index in [4.69, 9.17) is 5.11 Å². The van der Waals surface area contributed by atoms with E-state index in [9.17, 15) is 26.7 Å². The minimum Gasteiger partial charge on any atom is -0.400 e. The number of aliphatic hydroxyl groups excluding tert-OH is 1. The number of halogens is 5. The van der Waals surface area contributed by atoms with Crippen LogP contribution in [0.4, 0.5) is 27.6 Å². The normalized spacial score (nSPS) is 21.4. The van der Waals surface area contributed by atoms with Crippen molar-refractivity contribution in [3.8, 4) is 0 Å². The molecule has 2 fully saturated rings. The number of hydrogen-bond donors (Lipinski definition) is 1. The number of carbonyl (C=O) groups excluding carboxylic acids is 1. The lowest BCUT2D eigenvalue weighted by Crippen LogP contribution is -2.45. The van der Waals surface area contributed by atoms with Crippen LogP contribution in [0.2, 0.25) is 0 Å². The van der Waals surface area contributed by atoms with Gasteiger partial charge in [-0.2, -0.15) is 13.2 Å². The maximum atomic E-state index is 14.2. The topological polar surface area (TPSA) is 74.5 Å². The molecule has 0 spiro atoms. The van der Waals surface area contributed by atoms with Crippen molar-refractivity contribution in [1.82, 2.24) is 19.7 Å². The highest BCUT2D eigenvalue weighted by Crippen LogP contribution is 2.49. The average Bonchev–Trinajstić information content (AvgIpc) is 3.49. The second kappa shape index (κ2) is 11.0. The molecule has 42 heavy (non-hydrogen) atoms. The summed E-state index contributed by atoms with van der Waals surface area (Å²) in [6.45, 7) is 1.47. The van der Waals surface area contributed by atoms with Crippen LogP contribution < -0.4 is 4.90 Å². The molecule has 0 unspecified atom stereocenters. The Morgan fingerprint density at radius 3 is 2.43 bits per heavy atom. The number of benzene rings is 2. The zero-order valence-electron chi connectivity index (χ0n) is 23.8. The molecule has 12 heteroatoms. The highest BCUT2D eigenvalue weighted by atomic mass is 19.4. The minimum atomic E-state index is -4.67. The predicted octanol–water partition coefficient (Wildman–Crippen LogP) is 5.55. The molecule has 1 saturated carbocycles. The molecule has 2 aliphatic heterocycles. The zero-order valence-corrected chi connectivity index (χ0v) is 23.8. The van der Waals surface area contributed by atoms with Crippen LogP contribution in [0.15, 0.2) is 42.7 Å². The number of aromatic nitrogens is 3. The van der Waals surface area contributed by atoms with Crippen molar-refractivity contribution < 1.29 is 31.9 Å². The smallest absolute Gasteiger partial charge is 0.400 e. The lowest BCUT2D eigenvalue weighted by molar-refractivity contribution is -0.138. The van der Waals surface area contributed by atoms with Crippen LogP contribution in [-0.4, -0.2) is 56.8 Å². The number of nitrogens with zero attached hydrogens (tertiary/aromatic N) is 5. The van der Waals surface area contributed by atoms with Crippen LogP contribution >= 0.6 is 0 Å². The number of amides is 1. The largest absolute Gasteiger partial charge is 0.416 e. The average molecular weight is 592 g/mol. The van der Waals surface area contributed by atoms with Crippen LogP contribution in [0.25, 0.3) is 0 Å². The third-order valence-corrected chi connectivity index (χ3v) is 8.88. The van der Waals surface area contributed by atoms with E-state index < -0.39 is 29.5 Å². The fourth-order valence-electron chi connectivity index (χ4n) is 6.45. The maximum Gasteiger partial charge on any atom is 0.416 e. The van der Waals surface area contributed by atoms with E-state index >= 15 is 0 Å². The van der Waals surface area contributed by atoms with Crippen LogP contribution in [0, 0.1) is 5.92 Å². The first-order valence-corrected chi connectivity index (χ1v) is 13.9. The van der Waals surface area contributed by atoms with E-state index in [1.54, 1.807) is 17.3 Å². The highest BCUT2D eigenvalue weighted by molar-refractivity contribution is 6.10. The Morgan fingerprint density at radius 2 is 1.83 bits per heavy atom. The van der Waals surface area contributed by atoms with Gasteiger partial charge in [0.1, 0.15) is 12.2 Å². The molecule has 3 heterocycles. The van der Waals surface area contributed by atoms with Gasteiger partial charge in [-0.1, -0.05) is 25.5 Å². The fraction of sp³-hybridized carbons (Fsp3) is 0.500. The molecule has 6 rings (SSSR count). The molecule has 1 atom stereocenters. The van der Waals surface area contributed by atoms with E-state index in [-0.39, 0.29) is 49.1 Å². The number of anilines is 1. The van der Waals surface area contributed by atoms with E-state index in [1.165, 1.54) is 17.9 Å². The van der Waals surface area contributed by atoms with E-state index in [0.29, 0.717) is 11.3 Å². The molecule has 2 aromatic carbocycles. The summed E-state index contributed by atoms with van der Waals surface area (Å²) in [6.07, 6.45) is -0.631. The number of likely N-dealkylation sites (tertiary alicyclic amines) is 1. The molecule has 3 aliphatic rings. The molecule has 1 aromatic heterocycles. The van der Waals surface area contributed by atoms with Gasteiger partial charge in [0, 0.05) is 57.4 Å². The first-order chi connectivity index (χ1) is 19.9. The van der Waals surface area contributed by atoms with Crippen molar-refractivity contribution in [2.24, 2.45) is 13.0 Å². The van der Waals surface area contributed by atoms with Gasteiger partial charge in [0.2, 0.25) is 0 Å². The summed E-state index contributed by atoms with van der Waals surface area (Å²) in [6, 6.07) is 9.97. The lowest BCUT2D eigenvalue weighted by atomic mass is 9.63. The summed E-state index contributed by atoms with van der Waals surface area (Å²) in [4.78, 5) is 16.7. The minimum absolute atomic E-state index is 0.0114. The molecular weight excluding hydrogens is 557 g/mol. The van der Waals surface area contributed by atoms with Crippen molar-refractivity contribution in [3.63, 3.8) is 0 Å². The quantitative estimate of drug-likeness (QED) is 0.394. The highest BCUT2D eigenvalue weighted by Gasteiger charge is 2.45. The summed E-state index contributed by atoms with van der Waals surface area (Å²) < 4.78 is 72.5. The first-order valence-electron chi connectivity index (χ1n) is 13.9. The molecule has 7 nitrogen and oxygen atoms in total. The first kappa shape index (κ1) is 30.1. The number of fused-ring (bicyclic) bond motifs is 1. The molecule has 226 valence electrons. The van der Waals surface area contributed by atoms with E-state index in [0.717, 1.165) is 43.8 Å². The van der Waals surface area contributed by atoms with Gasteiger partial charge in [0.05, 0.1) is 17.5 Å². The molecular formula is C30H34F5N5O2. The Balaban J connectivity index is 0.00000173. The molecule has 1 amide bonds. The Bertz CT molecular complexity index is 1470. The standard InChI is InChI=1S/C29H30F5N5O.CH4O/c1-18-14-38(10-9-28(18,30)31)15-19-11-22-23(24(12-19)29(32,33)34)16-39(25(22)40)21-6-3-5-20(13-21)27(7-4-8-27)26-36-35-17-37(26)2;1-2/h3,5-6,11-13,17-18H,4,7-10,14-16H2,1-2H3;2H,1H3/t18-;/m1./s1. The molecule has 1 N–H and O–H groups in total. The lowest BCUT2D eigenvalue weighted by Gasteiger charge is -2.41. The Morgan fingerprint density at radius 1 is 1.10 bits per heavy atom. The van der Waals surface area contributed by atoms with E-state index in [2.05, 4.69) is 10.2 Å². The number of alkyl halides is 5. The fourth-order valence-corrected chi connectivity index (χ4v) is 6.45. The molecule has 0 radical (unpaired) electrons. The van der Waals surface area contributed by atoms with Gasteiger partial charge >= 0.3 is 6.18 Å². The van der Waals surface area contributed by atoms with Gasteiger partial charge in [-0.25, -0.2) is 8.78 Å². The number of rotatable bonds is 5. The van der Waals surface area contributed by atoms with Crippen molar-refractivity contribution in [2.75, 3.05) is 25.1 Å². The Hall–Kier alpha value is -3.38. The maximum absolute atomic E-state index is 14.2. The van der Waals surface area contributed by atoms with Crippen molar-refractivity contribution in [3.05, 3.63) is 76.4 Å². The number of piperidine rings is 1. The summed E-state index contributed by atoms with van der Waals surface area (Å²) in [7, 11) is 2.88. The van der Waals surface area contributed by atoms with Gasteiger partial charge in [-0.3, -0.25) is 9.69 Å². The molecule has 0 bridgehead atoms. The van der Waals surface area contributed by atoms with Crippen molar-refractivity contribution >= 4 is 11.6 Å². The van der Waals surface area contributed by atoms with Crippen LogP contribution in [0.1, 0.15) is 71.0 Å². The third kappa shape index (κ3) is 5.19. The van der Waals surface area contributed by atoms with Crippen LogP contribution in [-0.2, 0) is 31.7 Å². The predicted molar refractivity (Wildman–Crippen MR) is 146 cm³/mol. The number of aryl methyl sites for hydroxylation is 1.